The standard InChI is InChI=1S/C17H22N2O/c1-2-12-5-7-13(8-6-12)20-16-10-9-15(18)17-14(16)4-3-11-19-17/h3-4,9-13H,2,5-8,18H2,1H3. The van der Waals surface area contributed by atoms with Gasteiger partial charge in [0.2, 0.25) is 0 Å². The van der Waals surface area contributed by atoms with Gasteiger partial charge in [-0.05, 0) is 55.9 Å². The van der Waals surface area contributed by atoms with Crippen LogP contribution in [0.5, 0.6) is 5.75 Å². The molecule has 2 N–H and O–H groups in total. The van der Waals surface area contributed by atoms with Crippen molar-refractivity contribution in [3.05, 3.63) is 30.5 Å². The van der Waals surface area contributed by atoms with Crippen molar-refractivity contribution in [2.24, 2.45) is 5.92 Å². The fourth-order valence-electron chi connectivity index (χ4n) is 3.11. The first-order valence-electron chi connectivity index (χ1n) is 7.57. The second kappa shape index (κ2) is 5.70. The molecule has 2 aromatic rings. The second-order valence-corrected chi connectivity index (χ2v) is 5.72. The molecule has 1 saturated carbocycles. The molecule has 3 heteroatoms. The molecule has 1 aromatic heterocycles. The summed E-state index contributed by atoms with van der Waals surface area (Å²) in [7, 11) is 0. The average molecular weight is 270 g/mol. The number of ether oxygens (including phenoxy) is 1. The summed E-state index contributed by atoms with van der Waals surface area (Å²) in [6.45, 7) is 2.28. The largest absolute Gasteiger partial charge is 0.490 e. The number of benzene rings is 1. The van der Waals surface area contributed by atoms with E-state index in [4.69, 9.17) is 10.5 Å². The number of nitrogens with zero attached hydrogens (tertiary/aromatic N) is 1. The molecule has 0 unspecified atom stereocenters. The van der Waals surface area contributed by atoms with Crippen molar-refractivity contribution < 1.29 is 4.74 Å². The van der Waals surface area contributed by atoms with Gasteiger partial charge in [0.1, 0.15) is 5.75 Å². The SMILES string of the molecule is CCC1CCC(Oc2ccc(N)c3ncccc23)CC1. The van der Waals surface area contributed by atoms with Crippen LogP contribution in [-0.4, -0.2) is 11.1 Å². The third kappa shape index (κ3) is 2.58. The zero-order chi connectivity index (χ0) is 13.9. The van der Waals surface area contributed by atoms with E-state index >= 15 is 0 Å². The second-order valence-electron chi connectivity index (χ2n) is 5.72. The molecular weight excluding hydrogens is 248 g/mol. The van der Waals surface area contributed by atoms with Crippen molar-refractivity contribution in [3.63, 3.8) is 0 Å². The van der Waals surface area contributed by atoms with Crippen molar-refractivity contribution >= 4 is 16.6 Å². The molecule has 1 heterocycles. The topological polar surface area (TPSA) is 48.1 Å². The summed E-state index contributed by atoms with van der Waals surface area (Å²) in [6, 6.07) is 7.84. The summed E-state index contributed by atoms with van der Waals surface area (Å²) in [6.07, 6.45) is 8.29. The van der Waals surface area contributed by atoms with Gasteiger partial charge >= 0.3 is 0 Å². The van der Waals surface area contributed by atoms with Crippen LogP contribution in [0.1, 0.15) is 39.0 Å². The van der Waals surface area contributed by atoms with Crippen molar-refractivity contribution in [1.82, 2.24) is 4.98 Å². The Labute approximate surface area is 120 Å². The molecule has 106 valence electrons. The first kappa shape index (κ1) is 13.2. The van der Waals surface area contributed by atoms with Crippen LogP contribution >= 0.6 is 0 Å². The predicted octanol–water partition coefficient (Wildman–Crippen LogP) is 4.16. The number of anilines is 1. The van der Waals surface area contributed by atoms with E-state index in [0.29, 0.717) is 11.8 Å². The zero-order valence-corrected chi connectivity index (χ0v) is 12.0. The first-order valence-corrected chi connectivity index (χ1v) is 7.57. The lowest BCUT2D eigenvalue weighted by Crippen LogP contribution is -2.24. The minimum atomic E-state index is 0.338. The number of pyridine rings is 1. The number of hydrogen-bond acceptors (Lipinski definition) is 3. The van der Waals surface area contributed by atoms with Crippen molar-refractivity contribution in [1.29, 1.82) is 0 Å². The lowest BCUT2D eigenvalue weighted by molar-refractivity contribution is 0.131. The number of fused-ring (bicyclic) bond motifs is 1. The lowest BCUT2D eigenvalue weighted by Gasteiger charge is -2.28. The highest BCUT2D eigenvalue weighted by molar-refractivity contribution is 5.93. The Balaban J connectivity index is 1.80. The molecule has 1 aliphatic rings. The zero-order valence-electron chi connectivity index (χ0n) is 12.0. The molecule has 1 aliphatic carbocycles. The van der Waals surface area contributed by atoms with E-state index in [0.717, 1.165) is 35.4 Å². The first-order chi connectivity index (χ1) is 9.78. The summed E-state index contributed by atoms with van der Waals surface area (Å²) in [5.74, 6) is 1.81. The molecule has 3 rings (SSSR count). The van der Waals surface area contributed by atoms with Gasteiger partial charge in [0, 0.05) is 11.6 Å². The quantitative estimate of drug-likeness (QED) is 0.852. The van der Waals surface area contributed by atoms with Crippen LogP contribution in [0.3, 0.4) is 0 Å². The van der Waals surface area contributed by atoms with Gasteiger partial charge in [-0.3, -0.25) is 4.98 Å². The average Bonchev–Trinajstić information content (AvgIpc) is 2.51. The number of rotatable bonds is 3. The van der Waals surface area contributed by atoms with Crippen LogP contribution in [0, 0.1) is 5.92 Å². The molecule has 1 aromatic carbocycles. The molecule has 0 radical (unpaired) electrons. The minimum Gasteiger partial charge on any atom is -0.490 e. The van der Waals surface area contributed by atoms with Crippen molar-refractivity contribution in [2.75, 3.05) is 5.73 Å². The number of hydrogen-bond donors (Lipinski definition) is 1. The minimum absolute atomic E-state index is 0.338. The molecule has 0 aliphatic heterocycles. The van der Waals surface area contributed by atoms with Gasteiger partial charge < -0.3 is 10.5 Å². The summed E-state index contributed by atoms with van der Waals surface area (Å²) < 4.78 is 6.22. The highest BCUT2D eigenvalue weighted by atomic mass is 16.5. The Morgan fingerprint density at radius 2 is 2.00 bits per heavy atom. The molecule has 0 spiro atoms. The van der Waals surface area contributed by atoms with Gasteiger partial charge in [0.05, 0.1) is 17.3 Å². The third-order valence-corrected chi connectivity index (χ3v) is 4.43. The van der Waals surface area contributed by atoms with E-state index in [-0.39, 0.29) is 0 Å². The predicted molar refractivity (Wildman–Crippen MR) is 82.8 cm³/mol. The van der Waals surface area contributed by atoms with Crippen LogP contribution in [0.2, 0.25) is 0 Å². The van der Waals surface area contributed by atoms with Gasteiger partial charge in [-0.15, -0.1) is 0 Å². The number of nitrogen functional groups attached to an aromatic ring is 1. The molecule has 20 heavy (non-hydrogen) atoms. The van der Waals surface area contributed by atoms with E-state index in [2.05, 4.69) is 11.9 Å². The molecule has 3 nitrogen and oxygen atoms in total. The van der Waals surface area contributed by atoms with Crippen molar-refractivity contribution in [3.8, 4) is 5.75 Å². The molecule has 0 amide bonds. The smallest absolute Gasteiger partial charge is 0.129 e. The van der Waals surface area contributed by atoms with E-state index in [1.807, 2.05) is 24.3 Å². The fraction of sp³-hybridized carbons (Fsp3) is 0.471. The summed E-state index contributed by atoms with van der Waals surface area (Å²) in [5.41, 5.74) is 7.53. The Morgan fingerprint density at radius 1 is 1.20 bits per heavy atom. The van der Waals surface area contributed by atoms with E-state index in [1.54, 1.807) is 6.20 Å². The van der Waals surface area contributed by atoms with Crippen molar-refractivity contribution in [2.45, 2.75) is 45.1 Å². The van der Waals surface area contributed by atoms with E-state index in [9.17, 15) is 0 Å². The highest BCUT2D eigenvalue weighted by Crippen LogP contribution is 2.33. The van der Waals surface area contributed by atoms with Crippen LogP contribution in [0.4, 0.5) is 5.69 Å². The Hall–Kier alpha value is -1.77. The summed E-state index contributed by atoms with van der Waals surface area (Å²) in [5, 5.41) is 1.02. The Bertz CT molecular complexity index is 589. The maximum atomic E-state index is 6.22. The van der Waals surface area contributed by atoms with Gasteiger partial charge in [0.15, 0.2) is 0 Å². The van der Waals surface area contributed by atoms with Gasteiger partial charge in [-0.2, -0.15) is 0 Å². The van der Waals surface area contributed by atoms with Crippen LogP contribution in [0.15, 0.2) is 30.5 Å². The van der Waals surface area contributed by atoms with Crippen LogP contribution in [0.25, 0.3) is 10.9 Å². The Morgan fingerprint density at radius 3 is 2.75 bits per heavy atom. The highest BCUT2D eigenvalue weighted by Gasteiger charge is 2.21. The Kier molecular flexibility index (Phi) is 3.77. The van der Waals surface area contributed by atoms with Crippen LogP contribution < -0.4 is 10.5 Å². The molecule has 1 fully saturated rings. The molecule has 0 saturated heterocycles. The molecule has 0 bridgehead atoms. The normalized spacial score (nSPS) is 22.9. The maximum Gasteiger partial charge on any atom is 0.129 e. The summed E-state index contributed by atoms with van der Waals surface area (Å²) in [4.78, 5) is 4.35. The molecule has 0 atom stereocenters. The maximum absolute atomic E-state index is 6.22. The lowest BCUT2D eigenvalue weighted by atomic mass is 9.86. The summed E-state index contributed by atoms with van der Waals surface area (Å²) >= 11 is 0. The number of aromatic nitrogens is 1. The van der Waals surface area contributed by atoms with Crippen LogP contribution in [-0.2, 0) is 0 Å². The van der Waals surface area contributed by atoms with Gasteiger partial charge in [0.25, 0.3) is 0 Å². The fourth-order valence-corrected chi connectivity index (χ4v) is 3.11. The molecular formula is C17H22N2O. The van der Waals surface area contributed by atoms with Gasteiger partial charge in [-0.25, -0.2) is 0 Å². The number of nitrogens with two attached hydrogens (primary N) is 1. The monoisotopic (exact) mass is 270 g/mol. The van der Waals surface area contributed by atoms with E-state index < -0.39 is 0 Å². The van der Waals surface area contributed by atoms with Gasteiger partial charge in [-0.1, -0.05) is 13.3 Å². The van der Waals surface area contributed by atoms with E-state index in [1.165, 1.54) is 19.3 Å². The third-order valence-electron chi connectivity index (χ3n) is 4.43.